The molecule has 13 nitrogen and oxygen atoms in total. The van der Waals surface area contributed by atoms with Crippen molar-refractivity contribution in [2.24, 2.45) is 0 Å². The van der Waals surface area contributed by atoms with Crippen LogP contribution in [-0.2, 0) is 38.1 Å². The summed E-state index contributed by atoms with van der Waals surface area (Å²) in [7, 11) is 0. The maximum Gasteiger partial charge on any atom is 0.306 e. The molecular weight excluding hydrogens is 1320 g/mol. The van der Waals surface area contributed by atoms with E-state index >= 15 is 0 Å². The molecule has 106 heavy (non-hydrogen) atoms. The lowest BCUT2D eigenvalue weighted by molar-refractivity contribution is -0.151. The predicted molar refractivity (Wildman–Crippen MR) is 452 cm³/mol. The lowest BCUT2D eigenvalue weighted by Gasteiger charge is -2.42. The zero-order valence-electron chi connectivity index (χ0n) is 71.8. The molecule has 0 aromatic rings. The number of aliphatic hydroxyl groups excluding tert-OH is 1. The van der Waals surface area contributed by atoms with Gasteiger partial charge in [0.05, 0.1) is 19.8 Å². The molecule has 0 amide bonds. The summed E-state index contributed by atoms with van der Waals surface area (Å²) >= 11 is 0. The molecule has 1 rings (SSSR count). The second kappa shape index (κ2) is 80.7. The standard InChI is InChI=1S/C93H182N4O9/c1-7-13-19-25-31-33-35-47-63-83-103-90(99)69-57-49-61-75-94(73-59-45-37-43-55-71-92(101)105-88(65-51-39-27-21-15-9-3)66-52-40-28-22-16-10-4)77-78-96-80-82-97(87(85-96)86-98)81-79-95(76-62-50-58-70-91(100)104-84-64-48-36-34-32-26-20-14-8-2)74-60-46-38-44-56-72-93(102)106-89(67-53-41-29-23-17-11-5)68-54-42-30-24-18-12-6/h87-89,98H,7-86H2,1-6H3/t87-/m1/s1. The minimum atomic E-state index is -0.0448. The molecule has 1 atom stereocenters. The highest BCUT2D eigenvalue weighted by atomic mass is 16.6. The topological polar surface area (TPSA) is 138 Å². The molecule has 1 heterocycles. The Hall–Kier alpha value is -2.32. The van der Waals surface area contributed by atoms with Crippen LogP contribution in [0.1, 0.15) is 465 Å². The summed E-state index contributed by atoms with van der Waals surface area (Å²) in [5.74, 6) is -0.0701. The minimum Gasteiger partial charge on any atom is -0.466 e. The molecule has 1 aliphatic rings. The monoisotopic (exact) mass is 1500 g/mol. The van der Waals surface area contributed by atoms with E-state index in [4.69, 9.17) is 18.9 Å². The van der Waals surface area contributed by atoms with Crippen molar-refractivity contribution in [1.82, 2.24) is 19.6 Å². The zero-order valence-corrected chi connectivity index (χ0v) is 71.8. The number of carbonyl (C=O) groups is 4. The predicted octanol–water partition coefficient (Wildman–Crippen LogP) is 25.3. The summed E-state index contributed by atoms with van der Waals surface area (Å²) < 4.78 is 23.7. The quantitative estimate of drug-likeness (QED) is 0.0351. The van der Waals surface area contributed by atoms with E-state index in [2.05, 4.69) is 61.1 Å². The van der Waals surface area contributed by atoms with Crippen molar-refractivity contribution < 1.29 is 43.2 Å². The molecule has 628 valence electrons. The highest BCUT2D eigenvalue weighted by Crippen LogP contribution is 2.23. The van der Waals surface area contributed by atoms with E-state index in [0.717, 1.165) is 252 Å². The van der Waals surface area contributed by atoms with Crippen molar-refractivity contribution in [3.63, 3.8) is 0 Å². The van der Waals surface area contributed by atoms with Crippen LogP contribution in [0.2, 0.25) is 0 Å². The normalized spacial score (nSPS) is 13.7. The van der Waals surface area contributed by atoms with Crippen LogP contribution in [0.25, 0.3) is 0 Å². The second-order valence-corrected chi connectivity index (χ2v) is 33.1. The van der Waals surface area contributed by atoms with Gasteiger partial charge in [-0.3, -0.25) is 29.0 Å². The third kappa shape index (κ3) is 68.5. The van der Waals surface area contributed by atoms with Crippen molar-refractivity contribution in [2.45, 2.75) is 484 Å². The molecule has 0 unspecified atom stereocenters. The van der Waals surface area contributed by atoms with Crippen LogP contribution >= 0.6 is 0 Å². The third-order valence-electron chi connectivity index (χ3n) is 22.9. The van der Waals surface area contributed by atoms with Gasteiger partial charge in [-0.05, 0) is 142 Å². The summed E-state index contributed by atoms with van der Waals surface area (Å²) in [6, 6.07) is 0.0996. The molecular formula is C93H182N4O9. The molecule has 0 bridgehead atoms. The van der Waals surface area contributed by atoms with Crippen LogP contribution in [0.4, 0.5) is 0 Å². The number of ether oxygens (including phenoxy) is 4. The fourth-order valence-electron chi connectivity index (χ4n) is 15.6. The SMILES string of the molecule is CCCCCCCCCCCOC(=O)CCCCCN(CCCCCCCC(=O)OC(CCCCCCCC)CCCCCCCC)CCN1CCN(CCN(CCCCCCCC(=O)OC(CCCCCCCC)CCCCCCCC)CCCCCC(=O)OCCCCCCCCCCC)[C@@H](CO)C1. The molecule has 0 spiro atoms. The zero-order chi connectivity index (χ0) is 76.7. The van der Waals surface area contributed by atoms with Crippen LogP contribution < -0.4 is 0 Å². The van der Waals surface area contributed by atoms with Crippen molar-refractivity contribution in [3.05, 3.63) is 0 Å². The van der Waals surface area contributed by atoms with Crippen molar-refractivity contribution in [3.8, 4) is 0 Å². The number of unbranched alkanes of at least 4 members (excludes halogenated alkanes) is 48. The van der Waals surface area contributed by atoms with Crippen LogP contribution in [0.5, 0.6) is 0 Å². The van der Waals surface area contributed by atoms with Gasteiger partial charge in [0.1, 0.15) is 12.2 Å². The van der Waals surface area contributed by atoms with E-state index in [1.807, 2.05) is 0 Å². The summed E-state index contributed by atoms with van der Waals surface area (Å²) in [6.07, 6.45) is 76.0. The molecule has 1 aliphatic heterocycles. The molecule has 1 saturated heterocycles. The van der Waals surface area contributed by atoms with Gasteiger partial charge in [0.25, 0.3) is 0 Å². The number of nitrogens with zero attached hydrogens (tertiary/aromatic N) is 4. The first kappa shape index (κ1) is 102. The fraction of sp³-hybridized carbons (Fsp3) is 0.957. The number of piperazine rings is 1. The van der Waals surface area contributed by atoms with E-state index in [0.29, 0.717) is 38.9 Å². The molecule has 0 aromatic heterocycles. The Bertz CT molecular complexity index is 1830. The van der Waals surface area contributed by atoms with Crippen LogP contribution in [0, 0.1) is 0 Å². The highest BCUT2D eigenvalue weighted by molar-refractivity contribution is 5.70. The molecule has 1 N–H and O–H groups in total. The van der Waals surface area contributed by atoms with E-state index < -0.39 is 0 Å². The average molecular weight is 1500 g/mol. The first-order valence-electron chi connectivity index (χ1n) is 47.3. The lowest BCUT2D eigenvalue weighted by atomic mass is 10.0. The molecule has 0 radical (unpaired) electrons. The van der Waals surface area contributed by atoms with Gasteiger partial charge < -0.3 is 33.9 Å². The Morgan fingerprint density at radius 1 is 0.302 bits per heavy atom. The van der Waals surface area contributed by atoms with Gasteiger partial charge >= 0.3 is 23.9 Å². The minimum absolute atomic E-state index is 0.00718. The first-order chi connectivity index (χ1) is 52.1. The maximum absolute atomic E-state index is 13.2. The lowest BCUT2D eigenvalue weighted by Crippen LogP contribution is -2.57. The number of rotatable bonds is 85. The number of hydrogen-bond donors (Lipinski definition) is 1. The van der Waals surface area contributed by atoms with Gasteiger partial charge in [0.2, 0.25) is 0 Å². The largest absolute Gasteiger partial charge is 0.466 e. The van der Waals surface area contributed by atoms with Crippen molar-refractivity contribution >= 4 is 23.9 Å². The molecule has 1 fully saturated rings. The van der Waals surface area contributed by atoms with E-state index in [1.54, 1.807) is 0 Å². The second-order valence-electron chi connectivity index (χ2n) is 33.1. The Morgan fingerprint density at radius 2 is 0.557 bits per heavy atom. The van der Waals surface area contributed by atoms with Crippen molar-refractivity contribution in [1.29, 1.82) is 0 Å². The van der Waals surface area contributed by atoms with Crippen molar-refractivity contribution in [2.75, 3.05) is 91.8 Å². The van der Waals surface area contributed by atoms with Gasteiger partial charge in [-0.1, -0.05) is 324 Å². The molecule has 0 aromatic carbocycles. The summed E-state index contributed by atoms with van der Waals surface area (Å²) in [5.41, 5.74) is 0. The maximum atomic E-state index is 13.2. The fourth-order valence-corrected chi connectivity index (χ4v) is 15.6. The van der Waals surface area contributed by atoms with Crippen LogP contribution in [0.15, 0.2) is 0 Å². The van der Waals surface area contributed by atoms with E-state index in [9.17, 15) is 24.3 Å². The van der Waals surface area contributed by atoms with Crippen LogP contribution in [-0.4, -0.2) is 159 Å². The summed E-state index contributed by atoms with van der Waals surface area (Å²) in [5, 5.41) is 11.0. The number of aliphatic hydroxyl groups is 1. The molecule has 13 heteroatoms. The molecule has 0 aliphatic carbocycles. The van der Waals surface area contributed by atoms with Gasteiger partial charge in [-0.15, -0.1) is 0 Å². The number of esters is 4. The number of carbonyl (C=O) groups excluding carboxylic acids is 4. The first-order valence-corrected chi connectivity index (χ1v) is 47.3. The third-order valence-corrected chi connectivity index (χ3v) is 22.9. The Kier molecular flexibility index (Phi) is 77.4. The average Bonchev–Trinajstić information content (AvgIpc) is 0.860. The van der Waals surface area contributed by atoms with Crippen LogP contribution in [0.3, 0.4) is 0 Å². The highest BCUT2D eigenvalue weighted by Gasteiger charge is 2.27. The van der Waals surface area contributed by atoms with Gasteiger partial charge in [-0.25, -0.2) is 0 Å². The van der Waals surface area contributed by atoms with Gasteiger partial charge in [-0.2, -0.15) is 0 Å². The van der Waals surface area contributed by atoms with Gasteiger partial charge in [0.15, 0.2) is 0 Å². The summed E-state index contributed by atoms with van der Waals surface area (Å²) in [6.45, 7) is 25.7. The Balaban J connectivity index is 2.90. The Morgan fingerprint density at radius 3 is 0.868 bits per heavy atom. The molecule has 0 saturated carbocycles. The van der Waals surface area contributed by atoms with E-state index in [-0.39, 0.29) is 48.7 Å². The Labute approximate surface area is 658 Å². The smallest absolute Gasteiger partial charge is 0.306 e. The number of hydrogen-bond acceptors (Lipinski definition) is 13. The van der Waals surface area contributed by atoms with Gasteiger partial charge in [0, 0.05) is 77.5 Å². The van der Waals surface area contributed by atoms with E-state index in [1.165, 1.54) is 218 Å². The summed E-state index contributed by atoms with van der Waals surface area (Å²) in [4.78, 5) is 62.3.